The molecule has 0 saturated carbocycles. The number of hydrogen-bond acceptors (Lipinski definition) is 19. The summed E-state index contributed by atoms with van der Waals surface area (Å²) in [5, 5.41) is 21.0. The summed E-state index contributed by atoms with van der Waals surface area (Å²) in [6.07, 6.45) is -3.06. The number of aromatic amines is 1. The van der Waals surface area contributed by atoms with Crippen molar-refractivity contribution in [2.45, 2.75) is 69.2 Å². The quantitative estimate of drug-likeness (QED) is 0.0600. The molecule has 2 saturated heterocycles. The van der Waals surface area contributed by atoms with Crippen molar-refractivity contribution in [1.82, 2.24) is 29.1 Å². The van der Waals surface area contributed by atoms with Crippen molar-refractivity contribution in [3.63, 3.8) is 0 Å². The monoisotopic (exact) mass is 761 g/mol. The lowest BCUT2D eigenvalue weighted by atomic mass is 10.1. The van der Waals surface area contributed by atoms with Gasteiger partial charge in [0, 0.05) is 43.8 Å². The maximum absolute atomic E-state index is 14.3. The van der Waals surface area contributed by atoms with Gasteiger partial charge in [-0.25, -0.2) is 29.1 Å². The second-order valence-electron chi connectivity index (χ2n) is 11.2. The number of imidazole rings is 1. The van der Waals surface area contributed by atoms with Crippen molar-refractivity contribution in [2.75, 3.05) is 51.8 Å². The zero-order chi connectivity index (χ0) is 36.5. The summed E-state index contributed by atoms with van der Waals surface area (Å²) in [5.41, 5.74) is 5.14. The van der Waals surface area contributed by atoms with Crippen LogP contribution >= 0.6 is 18.2 Å². The van der Waals surface area contributed by atoms with Crippen molar-refractivity contribution in [1.29, 1.82) is 0 Å². The fraction of sp³-hybridized carbons (Fsp3) is 0.643. The molecule has 0 aromatic carbocycles. The highest BCUT2D eigenvalue weighted by atomic mass is 32.7. The molecule has 282 valence electrons. The van der Waals surface area contributed by atoms with E-state index in [4.69, 9.17) is 43.2 Å². The fourth-order valence-corrected chi connectivity index (χ4v) is 8.12. The summed E-state index contributed by atoms with van der Waals surface area (Å²) in [6, 6.07) is 1.09. The molecule has 3 aromatic rings. The molecule has 0 spiro atoms. The van der Waals surface area contributed by atoms with Gasteiger partial charge in [0.2, 0.25) is 0 Å². The van der Waals surface area contributed by atoms with Gasteiger partial charge in [-0.3, -0.25) is 28.0 Å². The number of aliphatic hydroxyl groups excluding tert-OH is 2. The van der Waals surface area contributed by atoms with E-state index in [2.05, 4.69) is 19.9 Å². The predicted octanol–water partition coefficient (Wildman–Crippen LogP) is 0.682. The van der Waals surface area contributed by atoms with Crippen LogP contribution in [0.5, 0.6) is 0 Å². The van der Waals surface area contributed by atoms with Crippen LogP contribution in [-0.2, 0) is 42.0 Å². The molecule has 0 amide bonds. The molecule has 0 bridgehead atoms. The predicted molar refractivity (Wildman–Crippen MR) is 176 cm³/mol. The first-order chi connectivity index (χ1) is 24.6. The van der Waals surface area contributed by atoms with Crippen LogP contribution in [0.1, 0.15) is 38.6 Å². The van der Waals surface area contributed by atoms with Crippen molar-refractivity contribution in [3.8, 4) is 0 Å². The maximum Gasteiger partial charge on any atom is 0.509 e. The third-order valence-electron chi connectivity index (χ3n) is 7.89. The minimum atomic E-state index is -4.42. The number of nitrogens with zero attached hydrogens (tertiary/aromatic N) is 5. The van der Waals surface area contributed by atoms with Crippen molar-refractivity contribution in [2.24, 2.45) is 0 Å². The standard InChI is InChI=1S/C28H40N7O14PS/c1-3-4-7-43-8-9-44-28(40)45-15-51-50(41,49-22-17(11-36)48-26(23(22)42-2)34-6-5-19(38)33-27(34)39)46-12-18-16(37)10-20(47-18)35-14-32-21-24(29)30-13-31-25(21)35/h5-6,13-14,16-18,20,22-23,26,36-37H,3-4,7-12,15H2,1-2H3,(H2,29,30,31)(H,33,38,39)/t16-,17+,18+,20+,22+,23+,26+,50?/m0/s1. The summed E-state index contributed by atoms with van der Waals surface area (Å²) in [7, 11) is 1.28. The van der Waals surface area contributed by atoms with Crippen LogP contribution in [0.25, 0.3) is 11.2 Å². The number of carbonyl (C=O) groups is 1. The molecular weight excluding hydrogens is 721 g/mol. The van der Waals surface area contributed by atoms with E-state index in [1.165, 1.54) is 26.0 Å². The molecule has 51 heavy (non-hydrogen) atoms. The second kappa shape index (κ2) is 17.9. The Morgan fingerprint density at radius 1 is 1.14 bits per heavy atom. The smallest absolute Gasteiger partial charge is 0.432 e. The van der Waals surface area contributed by atoms with Crippen LogP contribution in [0.4, 0.5) is 10.6 Å². The van der Waals surface area contributed by atoms with Gasteiger partial charge in [-0.15, -0.1) is 0 Å². The molecule has 21 nitrogen and oxygen atoms in total. The molecule has 0 radical (unpaired) electrons. The Labute approximate surface area is 293 Å². The molecule has 5 N–H and O–H groups in total. The van der Waals surface area contributed by atoms with Crippen LogP contribution in [0.15, 0.2) is 34.5 Å². The highest BCUT2D eigenvalue weighted by Gasteiger charge is 2.51. The van der Waals surface area contributed by atoms with E-state index < -0.39 is 86.3 Å². The topological polar surface area (TPSA) is 273 Å². The molecule has 2 aliphatic rings. The Morgan fingerprint density at radius 2 is 1.96 bits per heavy atom. The molecule has 1 unspecified atom stereocenters. The largest absolute Gasteiger partial charge is 0.509 e. The fourth-order valence-electron chi connectivity index (χ4n) is 5.33. The summed E-state index contributed by atoms with van der Waals surface area (Å²) < 4.78 is 61.5. The number of unbranched alkanes of at least 4 members (excludes halogenated alkanes) is 1. The summed E-state index contributed by atoms with van der Waals surface area (Å²) in [6.45, 7) is -2.92. The summed E-state index contributed by atoms with van der Waals surface area (Å²) in [4.78, 5) is 50.8. The first-order valence-corrected chi connectivity index (χ1v) is 19.0. The lowest BCUT2D eigenvalue weighted by Gasteiger charge is -2.27. The Hall–Kier alpha value is -3.44. The van der Waals surface area contributed by atoms with Crippen molar-refractivity contribution >= 4 is 41.3 Å². The van der Waals surface area contributed by atoms with Gasteiger partial charge in [0.05, 0.1) is 32.3 Å². The third-order valence-corrected chi connectivity index (χ3v) is 11.2. The molecule has 23 heteroatoms. The van der Waals surface area contributed by atoms with E-state index in [1.54, 1.807) is 4.57 Å². The number of rotatable bonds is 18. The SMILES string of the molecule is CCCCOCCOC(=O)OCSP(=O)(OC[C@H]1O[C@@H](n2cnc3c(N)ncnc32)C[C@@H]1O)O[C@H]1[C@@H](OC)[C@H](n2ccc(=O)[nH]c2=O)O[C@@H]1CO. The van der Waals surface area contributed by atoms with E-state index >= 15 is 0 Å². The number of nitrogen functional groups attached to an aromatic ring is 1. The Kier molecular flexibility index (Phi) is 13.6. The number of hydrogen-bond donors (Lipinski definition) is 4. The Bertz CT molecular complexity index is 1780. The van der Waals surface area contributed by atoms with E-state index in [0.29, 0.717) is 29.2 Å². The van der Waals surface area contributed by atoms with Gasteiger partial charge < -0.3 is 44.4 Å². The van der Waals surface area contributed by atoms with Crippen molar-refractivity contribution in [3.05, 3.63) is 45.8 Å². The normalized spacial score (nSPS) is 26.0. The Balaban J connectivity index is 1.29. The zero-order valence-corrected chi connectivity index (χ0v) is 29.4. The molecule has 2 aliphatic heterocycles. The number of fused-ring (bicyclic) bond motifs is 1. The summed E-state index contributed by atoms with van der Waals surface area (Å²) in [5.74, 6) is -0.401. The number of aromatic nitrogens is 6. The molecule has 3 aromatic heterocycles. The number of aliphatic hydroxyl groups is 2. The van der Waals surface area contributed by atoms with Crippen LogP contribution in [-0.4, -0.2) is 122 Å². The second-order valence-corrected chi connectivity index (χ2v) is 15.2. The van der Waals surface area contributed by atoms with Crippen LogP contribution in [0.3, 0.4) is 0 Å². The van der Waals surface area contributed by atoms with Gasteiger partial charge >= 0.3 is 18.6 Å². The van der Waals surface area contributed by atoms with Crippen LogP contribution in [0, 0.1) is 0 Å². The van der Waals surface area contributed by atoms with Gasteiger partial charge in [-0.2, -0.15) is 0 Å². The number of nitrogens with one attached hydrogen (secondary N) is 1. The minimum Gasteiger partial charge on any atom is -0.432 e. The van der Waals surface area contributed by atoms with Gasteiger partial charge in [0.25, 0.3) is 5.56 Å². The summed E-state index contributed by atoms with van der Waals surface area (Å²) >= 11 is 0.468. The van der Waals surface area contributed by atoms with E-state index in [9.17, 15) is 29.2 Å². The number of H-pyrrole nitrogens is 1. The highest BCUT2D eigenvalue weighted by molar-refractivity contribution is 8.55. The Morgan fingerprint density at radius 3 is 2.71 bits per heavy atom. The number of methoxy groups -OCH3 is 1. The highest BCUT2D eigenvalue weighted by Crippen LogP contribution is 2.63. The lowest BCUT2D eigenvalue weighted by molar-refractivity contribution is -0.0625. The number of ether oxygens (including phenoxy) is 6. The molecule has 8 atom stereocenters. The number of nitrogens with two attached hydrogens (primary N) is 1. The molecule has 2 fully saturated rings. The van der Waals surface area contributed by atoms with Crippen molar-refractivity contribution < 1.29 is 57.0 Å². The van der Waals surface area contributed by atoms with Gasteiger partial charge in [-0.05, 0) is 6.42 Å². The lowest BCUT2D eigenvalue weighted by Crippen LogP contribution is -2.39. The molecule has 5 rings (SSSR count). The van der Waals surface area contributed by atoms with Crippen LogP contribution in [0.2, 0.25) is 0 Å². The van der Waals surface area contributed by atoms with E-state index in [-0.39, 0.29) is 25.5 Å². The molecule has 5 heterocycles. The van der Waals surface area contributed by atoms with Gasteiger partial charge in [-0.1, -0.05) is 13.3 Å². The van der Waals surface area contributed by atoms with E-state index in [1.807, 2.05) is 6.92 Å². The number of anilines is 1. The molecule has 0 aliphatic carbocycles. The molecular formula is C28H40N7O14PS. The minimum absolute atomic E-state index is 0.0700. The van der Waals surface area contributed by atoms with Gasteiger partial charge in [0.15, 0.2) is 23.6 Å². The first kappa shape index (κ1) is 38.8. The average Bonchev–Trinajstić information content (AvgIpc) is 3.80. The average molecular weight is 762 g/mol. The van der Waals surface area contributed by atoms with Gasteiger partial charge in [0.1, 0.15) is 49.1 Å². The third kappa shape index (κ3) is 9.52. The maximum atomic E-state index is 14.3. The first-order valence-electron chi connectivity index (χ1n) is 15.9. The van der Waals surface area contributed by atoms with E-state index in [0.717, 1.165) is 23.5 Å². The van der Waals surface area contributed by atoms with Crippen LogP contribution < -0.4 is 17.0 Å². The zero-order valence-electron chi connectivity index (χ0n) is 27.7. The number of carbonyl (C=O) groups excluding carboxylic acids is 1.